The topological polar surface area (TPSA) is 46.6 Å². The summed E-state index contributed by atoms with van der Waals surface area (Å²) >= 11 is 0. The minimum atomic E-state index is -4.33. The van der Waals surface area contributed by atoms with Gasteiger partial charge < -0.3 is 4.74 Å². The summed E-state index contributed by atoms with van der Waals surface area (Å²) in [7, 11) is 0. The molecule has 1 aliphatic carbocycles. The molecule has 0 atom stereocenters. The van der Waals surface area contributed by atoms with Crippen LogP contribution in [0, 0.1) is 0 Å². The number of carbonyl (C=O) groups is 2. The van der Waals surface area contributed by atoms with Crippen LogP contribution in [0.4, 0.5) is 13.2 Å². The number of Topliss-reactive ketones (excluding diaryl/α,β-unsaturated/α-hetero) is 1. The van der Waals surface area contributed by atoms with Gasteiger partial charge in [-0.3, -0.25) is 14.5 Å². The molecule has 0 unspecified atom stereocenters. The van der Waals surface area contributed by atoms with Gasteiger partial charge >= 0.3 is 12.1 Å². The Labute approximate surface area is 103 Å². The van der Waals surface area contributed by atoms with Crippen molar-refractivity contribution < 1.29 is 27.5 Å². The van der Waals surface area contributed by atoms with Crippen LogP contribution in [0.1, 0.15) is 26.2 Å². The van der Waals surface area contributed by atoms with Crippen molar-refractivity contribution in [3.05, 3.63) is 0 Å². The number of carbonyl (C=O) groups excluding carboxylic acids is 2. The van der Waals surface area contributed by atoms with Crippen molar-refractivity contribution in [2.45, 2.75) is 38.4 Å². The average Bonchev–Trinajstić information content (AvgIpc) is 2.96. The van der Waals surface area contributed by atoms with Gasteiger partial charge in [0, 0.05) is 6.04 Å². The van der Waals surface area contributed by atoms with Crippen LogP contribution in [0.15, 0.2) is 0 Å². The number of nitrogens with zero attached hydrogens (tertiary/aromatic N) is 1. The molecule has 0 radical (unpaired) electrons. The maximum atomic E-state index is 12.3. The van der Waals surface area contributed by atoms with Crippen molar-refractivity contribution in [2.24, 2.45) is 0 Å². The second-order valence-corrected chi connectivity index (χ2v) is 4.27. The molecule has 0 heterocycles. The molecule has 4 nitrogen and oxygen atoms in total. The fourth-order valence-corrected chi connectivity index (χ4v) is 1.64. The Morgan fingerprint density at radius 1 is 1.33 bits per heavy atom. The Bertz CT molecular complexity index is 313. The van der Waals surface area contributed by atoms with E-state index in [1.54, 1.807) is 6.92 Å². The lowest BCUT2D eigenvalue weighted by atomic mass is 10.2. The van der Waals surface area contributed by atoms with Gasteiger partial charge in [-0.15, -0.1) is 0 Å². The Kier molecular flexibility index (Phi) is 5.13. The fourth-order valence-electron chi connectivity index (χ4n) is 1.64. The fraction of sp³-hybridized carbons (Fsp3) is 0.818. The number of ketones is 1. The first kappa shape index (κ1) is 14.9. The van der Waals surface area contributed by atoms with Crippen LogP contribution in [0.25, 0.3) is 0 Å². The molecule has 0 amide bonds. The van der Waals surface area contributed by atoms with E-state index in [9.17, 15) is 22.8 Å². The molecule has 18 heavy (non-hydrogen) atoms. The molecule has 7 heteroatoms. The predicted molar refractivity (Wildman–Crippen MR) is 56.9 cm³/mol. The minimum Gasteiger partial charge on any atom is -0.466 e. The largest absolute Gasteiger partial charge is 0.466 e. The summed E-state index contributed by atoms with van der Waals surface area (Å²) in [6.45, 7) is 0.304. The lowest BCUT2D eigenvalue weighted by Crippen LogP contribution is -2.39. The van der Waals surface area contributed by atoms with E-state index in [1.165, 1.54) is 0 Å². The molecule has 1 fully saturated rings. The molecule has 1 rings (SSSR count). The number of rotatable bonds is 7. The molecular formula is C11H16F3NO3. The lowest BCUT2D eigenvalue weighted by Gasteiger charge is -2.22. The standard InChI is InChI=1S/C11H16F3NO3/c1-2-18-10(17)5-9(16)6-15(8-3-4-8)7-11(12,13)14/h8H,2-7H2,1H3. The van der Waals surface area contributed by atoms with E-state index in [2.05, 4.69) is 4.74 Å². The van der Waals surface area contributed by atoms with Gasteiger partial charge in [0.1, 0.15) is 6.42 Å². The number of ether oxygens (including phenoxy) is 1. The van der Waals surface area contributed by atoms with E-state index in [0.29, 0.717) is 12.8 Å². The third-order valence-corrected chi connectivity index (χ3v) is 2.47. The zero-order valence-corrected chi connectivity index (χ0v) is 10.1. The van der Waals surface area contributed by atoms with E-state index >= 15 is 0 Å². The summed E-state index contributed by atoms with van der Waals surface area (Å²) in [5.74, 6) is -1.23. The van der Waals surface area contributed by atoms with E-state index < -0.39 is 30.9 Å². The van der Waals surface area contributed by atoms with Crippen LogP contribution < -0.4 is 0 Å². The summed E-state index contributed by atoms with van der Waals surface area (Å²) in [6.07, 6.45) is -3.45. The summed E-state index contributed by atoms with van der Waals surface area (Å²) in [6, 6.07) is -0.183. The number of alkyl halides is 3. The minimum absolute atomic E-state index is 0.154. The Morgan fingerprint density at radius 2 is 1.94 bits per heavy atom. The lowest BCUT2D eigenvalue weighted by molar-refractivity contribution is -0.151. The highest BCUT2D eigenvalue weighted by Crippen LogP contribution is 2.29. The number of hydrogen-bond donors (Lipinski definition) is 0. The first-order chi connectivity index (χ1) is 8.31. The highest BCUT2D eigenvalue weighted by molar-refractivity contribution is 5.96. The Morgan fingerprint density at radius 3 is 2.39 bits per heavy atom. The van der Waals surface area contributed by atoms with E-state index in [4.69, 9.17) is 0 Å². The molecular weight excluding hydrogens is 251 g/mol. The molecule has 0 N–H and O–H groups in total. The first-order valence-corrected chi connectivity index (χ1v) is 5.80. The second kappa shape index (κ2) is 6.17. The van der Waals surface area contributed by atoms with Crippen LogP contribution in [-0.4, -0.2) is 48.6 Å². The summed E-state index contributed by atoms with van der Waals surface area (Å²) in [4.78, 5) is 23.6. The maximum Gasteiger partial charge on any atom is 0.401 e. The maximum absolute atomic E-state index is 12.3. The third-order valence-electron chi connectivity index (χ3n) is 2.47. The van der Waals surface area contributed by atoms with Gasteiger partial charge in [-0.05, 0) is 19.8 Å². The summed E-state index contributed by atoms with van der Waals surface area (Å²) < 4.78 is 41.4. The molecule has 0 aromatic carbocycles. The van der Waals surface area contributed by atoms with E-state index in [0.717, 1.165) is 4.90 Å². The molecule has 0 bridgehead atoms. The van der Waals surface area contributed by atoms with E-state index in [-0.39, 0.29) is 19.2 Å². The van der Waals surface area contributed by atoms with Crippen molar-refractivity contribution in [2.75, 3.05) is 19.7 Å². The van der Waals surface area contributed by atoms with Gasteiger partial charge in [0.15, 0.2) is 5.78 Å². The van der Waals surface area contributed by atoms with Gasteiger partial charge in [0.2, 0.25) is 0 Å². The molecule has 1 aliphatic rings. The van der Waals surface area contributed by atoms with Crippen molar-refractivity contribution >= 4 is 11.8 Å². The van der Waals surface area contributed by atoms with Gasteiger partial charge in [0.05, 0.1) is 19.7 Å². The smallest absolute Gasteiger partial charge is 0.401 e. The summed E-state index contributed by atoms with van der Waals surface area (Å²) in [5, 5.41) is 0. The monoisotopic (exact) mass is 267 g/mol. The third kappa shape index (κ3) is 6.00. The normalized spacial score (nSPS) is 15.8. The van der Waals surface area contributed by atoms with Crippen LogP contribution in [0.3, 0.4) is 0 Å². The molecule has 1 saturated carbocycles. The number of hydrogen-bond acceptors (Lipinski definition) is 4. The zero-order valence-electron chi connectivity index (χ0n) is 10.1. The molecule has 0 aliphatic heterocycles. The van der Waals surface area contributed by atoms with E-state index in [1.807, 2.05) is 0 Å². The van der Waals surface area contributed by atoms with Gasteiger partial charge in [-0.2, -0.15) is 13.2 Å². The highest BCUT2D eigenvalue weighted by atomic mass is 19.4. The van der Waals surface area contributed by atoms with Crippen molar-refractivity contribution in [3.8, 4) is 0 Å². The number of esters is 1. The molecule has 0 saturated heterocycles. The highest BCUT2D eigenvalue weighted by Gasteiger charge is 2.38. The quantitative estimate of drug-likeness (QED) is 0.518. The average molecular weight is 267 g/mol. The van der Waals surface area contributed by atoms with Crippen LogP contribution in [0.5, 0.6) is 0 Å². The van der Waals surface area contributed by atoms with Crippen molar-refractivity contribution in [3.63, 3.8) is 0 Å². The molecule has 0 aromatic rings. The zero-order chi connectivity index (χ0) is 13.8. The van der Waals surface area contributed by atoms with Crippen LogP contribution in [0.2, 0.25) is 0 Å². The van der Waals surface area contributed by atoms with Gasteiger partial charge in [0.25, 0.3) is 0 Å². The van der Waals surface area contributed by atoms with Gasteiger partial charge in [-0.25, -0.2) is 0 Å². The van der Waals surface area contributed by atoms with Crippen LogP contribution >= 0.6 is 0 Å². The van der Waals surface area contributed by atoms with Crippen molar-refractivity contribution in [1.29, 1.82) is 0 Å². The first-order valence-electron chi connectivity index (χ1n) is 5.80. The molecule has 0 aromatic heterocycles. The Hall–Kier alpha value is -1.11. The van der Waals surface area contributed by atoms with Crippen molar-refractivity contribution in [1.82, 2.24) is 4.90 Å². The van der Waals surface area contributed by atoms with Gasteiger partial charge in [-0.1, -0.05) is 0 Å². The summed E-state index contributed by atoms with van der Waals surface area (Å²) in [5.41, 5.74) is 0. The SMILES string of the molecule is CCOC(=O)CC(=O)CN(CC(F)(F)F)C1CC1. The predicted octanol–water partition coefficient (Wildman–Crippen LogP) is 1.54. The number of halogens is 3. The van der Waals surface area contributed by atoms with Crippen LogP contribution in [-0.2, 0) is 14.3 Å². The Balaban J connectivity index is 2.41. The second-order valence-electron chi connectivity index (χ2n) is 4.27. The molecule has 0 spiro atoms. The molecule has 104 valence electrons.